The summed E-state index contributed by atoms with van der Waals surface area (Å²) in [5.74, 6) is 0.871. The molecule has 2 heterocycles. The van der Waals surface area contributed by atoms with Crippen molar-refractivity contribution in [3.8, 4) is 11.1 Å². The third-order valence-corrected chi connectivity index (χ3v) is 5.47. The predicted octanol–water partition coefficient (Wildman–Crippen LogP) is 4.27. The van der Waals surface area contributed by atoms with Gasteiger partial charge >= 0.3 is 0 Å². The summed E-state index contributed by atoms with van der Waals surface area (Å²) in [6.45, 7) is 7.32. The van der Waals surface area contributed by atoms with Crippen LogP contribution in [0.3, 0.4) is 0 Å². The van der Waals surface area contributed by atoms with Gasteiger partial charge in [-0.1, -0.05) is 49.4 Å². The van der Waals surface area contributed by atoms with Gasteiger partial charge < -0.3 is 9.80 Å². The molecule has 0 N–H and O–H groups in total. The number of nitrogens with zero attached hydrogens (tertiary/aromatic N) is 2. The van der Waals surface area contributed by atoms with Crippen molar-refractivity contribution in [3.63, 3.8) is 0 Å². The largest absolute Gasteiger partial charge is 0.367 e. The average Bonchev–Trinajstić information content (AvgIpc) is 3.16. The summed E-state index contributed by atoms with van der Waals surface area (Å²) in [5, 5.41) is 0. The fourth-order valence-corrected chi connectivity index (χ4v) is 4.34. The van der Waals surface area contributed by atoms with E-state index in [0.717, 1.165) is 12.0 Å². The van der Waals surface area contributed by atoms with Crippen molar-refractivity contribution in [1.82, 2.24) is 4.90 Å². The van der Waals surface area contributed by atoms with Gasteiger partial charge in [0.1, 0.15) is 0 Å². The van der Waals surface area contributed by atoms with Crippen LogP contribution in [0, 0.1) is 5.92 Å². The first kappa shape index (κ1) is 14.8. The summed E-state index contributed by atoms with van der Waals surface area (Å²) >= 11 is 0. The third kappa shape index (κ3) is 2.88. The number of benzene rings is 2. The molecular weight excluding hydrogens is 280 g/mol. The second-order valence-corrected chi connectivity index (χ2v) is 6.98. The van der Waals surface area contributed by atoms with Gasteiger partial charge in [0.2, 0.25) is 0 Å². The van der Waals surface area contributed by atoms with Gasteiger partial charge in [0, 0.05) is 31.4 Å². The van der Waals surface area contributed by atoms with Crippen LogP contribution >= 0.6 is 0 Å². The lowest BCUT2D eigenvalue weighted by atomic mass is 10.0. The molecule has 0 spiro atoms. The quantitative estimate of drug-likeness (QED) is 0.832. The minimum atomic E-state index is 0.726. The summed E-state index contributed by atoms with van der Waals surface area (Å²) in [5.41, 5.74) is 4.01. The number of hydrogen-bond acceptors (Lipinski definition) is 2. The number of fused-ring (bicyclic) bond motifs is 1. The molecule has 0 saturated carbocycles. The van der Waals surface area contributed by atoms with E-state index in [9.17, 15) is 0 Å². The molecule has 0 radical (unpaired) electrons. The highest BCUT2D eigenvalue weighted by Gasteiger charge is 2.40. The zero-order valence-electron chi connectivity index (χ0n) is 14.0. The number of rotatable bonds is 4. The lowest BCUT2D eigenvalue weighted by Crippen LogP contribution is -2.35. The van der Waals surface area contributed by atoms with E-state index < -0.39 is 0 Å². The monoisotopic (exact) mass is 306 g/mol. The van der Waals surface area contributed by atoms with Crippen molar-refractivity contribution in [3.05, 3.63) is 54.6 Å². The van der Waals surface area contributed by atoms with E-state index >= 15 is 0 Å². The van der Waals surface area contributed by atoms with E-state index in [2.05, 4.69) is 71.3 Å². The zero-order valence-corrected chi connectivity index (χ0v) is 14.0. The topological polar surface area (TPSA) is 6.48 Å². The van der Waals surface area contributed by atoms with Crippen LogP contribution in [0.1, 0.15) is 19.8 Å². The van der Waals surface area contributed by atoms with Crippen LogP contribution in [0.15, 0.2) is 54.6 Å². The van der Waals surface area contributed by atoms with E-state index in [1.807, 2.05) is 0 Å². The van der Waals surface area contributed by atoms with Crippen LogP contribution in [0.4, 0.5) is 5.69 Å². The highest BCUT2D eigenvalue weighted by Crippen LogP contribution is 2.35. The van der Waals surface area contributed by atoms with Gasteiger partial charge in [0.15, 0.2) is 0 Å². The Bertz CT molecular complexity index is 635. The Morgan fingerprint density at radius 1 is 0.913 bits per heavy atom. The standard InChI is InChI=1S/C21H26N2/c1-2-13-22-15-19-12-14-23(21(19)16-22)20-10-8-18(9-11-20)17-6-4-3-5-7-17/h3-11,19,21H,2,12-16H2,1H3/t19-,21+/m1/s1. The summed E-state index contributed by atoms with van der Waals surface area (Å²) < 4.78 is 0. The van der Waals surface area contributed by atoms with Crippen molar-refractivity contribution in [2.75, 3.05) is 31.1 Å². The minimum Gasteiger partial charge on any atom is -0.367 e. The molecule has 0 amide bonds. The van der Waals surface area contributed by atoms with Gasteiger partial charge in [-0.3, -0.25) is 0 Å². The molecule has 0 bridgehead atoms. The Kier molecular flexibility index (Phi) is 4.09. The van der Waals surface area contributed by atoms with E-state index in [1.54, 1.807) is 0 Å². The Balaban J connectivity index is 1.50. The SMILES string of the molecule is CCCN1C[C@H]2CCN(c3ccc(-c4ccccc4)cc3)[C@H]2C1. The Hall–Kier alpha value is -1.80. The molecule has 2 aromatic rings. The summed E-state index contributed by atoms with van der Waals surface area (Å²) in [4.78, 5) is 5.30. The maximum atomic E-state index is 2.65. The Morgan fingerprint density at radius 2 is 1.65 bits per heavy atom. The van der Waals surface area contributed by atoms with Crippen LogP contribution in [-0.2, 0) is 0 Å². The zero-order chi connectivity index (χ0) is 15.6. The van der Waals surface area contributed by atoms with E-state index in [4.69, 9.17) is 0 Å². The summed E-state index contributed by atoms with van der Waals surface area (Å²) in [7, 11) is 0. The lowest BCUT2D eigenvalue weighted by Gasteiger charge is -2.27. The van der Waals surface area contributed by atoms with Gasteiger partial charge in [-0.25, -0.2) is 0 Å². The summed E-state index contributed by atoms with van der Waals surface area (Å²) in [6, 6.07) is 20.5. The van der Waals surface area contributed by atoms with Gasteiger partial charge in [-0.05, 0) is 48.6 Å². The van der Waals surface area contributed by atoms with Crippen molar-refractivity contribution in [2.24, 2.45) is 5.92 Å². The maximum absolute atomic E-state index is 2.65. The van der Waals surface area contributed by atoms with E-state index in [1.165, 1.54) is 55.8 Å². The van der Waals surface area contributed by atoms with E-state index in [-0.39, 0.29) is 0 Å². The molecule has 4 rings (SSSR count). The third-order valence-electron chi connectivity index (χ3n) is 5.47. The molecule has 2 atom stereocenters. The maximum Gasteiger partial charge on any atom is 0.0458 e. The number of likely N-dealkylation sites (tertiary alicyclic amines) is 1. The average molecular weight is 306 g/mol. The van der Waals surface area contributed by atoms with Crippen molar-refractivity contribution < 1.29 is 0 Å². The van der Waals surface area contributed by atoms with Crippen LogP contribution in [0.2, 0.25) is 0 Å². The smallest absolute Gasteiger partial charge is 0.0458 e. The number of anilines is 1. The Labute approximate surface area is 139 Å². The normalized spacial score (nSPS) is 24.1. The molecule has 120 valence electrons. The second-order valence-electron chi connectivity index (χ2n) is 6.98. The first-order valence-electron chi connectivity index (χ1n) is 8.99. The molecule has 2 saturated heterocycles. The van der Waals surface area contributed by atoms with E-state index in [0.29, 0.717) is 0 Å². The molecule has 2 nitrogen and oxygen atoms in total. The van der Waals surface area contributed by atoms with Gasteiger partial charge in [-0.2, -0.15) is 0 Å². The molecular formula is C21H26N2. The molecule has 2 heteroatoms. The lowest BCUT2D eigenvalue weighted by molar-refractivity contribution is 0.318. The van der Waals surface area contributed by atoms with Crippen molar-refractivity contribution in [2.45, 2.75) is 25.8 Å². The first-order valence-corrected chi connectivity index (χ1v) is 8.99. The van der Waals surface area contributed by atoms with Gasteiger partial charge in [0.25, 0.3) is 0 Å². The van der Waals surface area contributed by atoms with Crippen LogP contribution in [-0.4, -0.2) is 37.1 Å². The van der Waals surface area contributed by atoms with Crippen LogP contribution in [0.25, 0.3) is 11.1 Å². The molecule has 23 heavy (non-hydrogen) atoms. The molecule has 0 unspecified atom stereocenters. The van der Waals surface area contributed by atoms with Crippen LogP contribution in [0.5, 0.6) is 0 Å². The molecule has 0 aliphatic carbocycles. The number of hydrogen-bond donors (Lipinski definition) is 0. The molecule has 0 aromatic heterocycles. The molecule has 2 aliphatic rings. The fourth-order valence-electron chi connectivity index (χ4n) is 4.34. The molecule has 2 aromatic carbocycles. The first-order chi connectivity index (χ1) is 11.3. The predicted molar refractivity (Wildman–Crippen MR) is 97.9 cm³/mol. The van der Waals surface area contributed by atoms with Crippen LogP contribution < -0.4 is 4.90 Å². The highest BCUT2D eigenvalue weighted by molar-refractivity contribution is 5.66. The van der Waals surface area contributed by atoms with Crippen molar-refractivity contribution >= 4 is 5.69 Å². The fraction of sp³-hybridized carbons (Fsp3) is 0.429. The molecule has 2 fully saturated rings. The van der Waals surface area contributed by atoms with Gasteiger partial charge in [-0.15, -0.1) is 0 Å². The van der Waals surface area contributed by atoms with Crippen molar-refractivity contribution in [1.29, 1.82) is 0 Å². The Morgan fingerprint density at radius 3 is 2.39 bits per heavy atom. The summed E-state index contributed by atoms with van der Waals surface area (Å²) in [6.07, 6.45) is 2.62. The molecule has 2 aliphatic heterocycles. The highest BCUT2D eigenvalue weighted by atomic mass is 15.3. The minimum absolute atomic E-state index is 0.726. The second kappa shape index (κ2) is 6.37. The van der Waals surface area contributed by atoms with Gasteiger partial charge in [0.05, 0.1) is 0 Å².